The number of anilines is 1. The SMILES string of the molecule is CC(C)[C@H]1OCC[C@@H]1CNC(=O)Nc1cccnc1. The average Bonchev–Trinajstić information content (AvgIpc) is 2.86. The molecule has 1 aliphatic rings. The molecule has 1 aromatic rings. The maximum Gasteiger partial charge on any atom is 0.319 e. The number of rotatable bonds is 4. The fraction of sp³-hybridized carbons (Fsp3) is 0.571. The van der Waals surface area contributed by atoms with Crippen molar-refractivity contribution in [3.63, 3.8) is 0 Å². The second kappa shape index (κ2) is 6.52. The number of nitrogens with zero attached hydrogens (tertiary/aromatic N) is 1. The zero-order chi connectivity index (χ0) is 13.7. The summed E-state index contributed by atoms with van der Waals surface area (Å²) in [5.41, 5.74) is 0.697. The molecule has 0 radical (unpaired) electrons. The number of pyridine rings is 1. The number of amides is 2. The summed E-state index contributed by atoms with van der Waals surface area (Å²) >= 11 is 0. The number of carbonyl (C=O) groups is 1. The van der Waals surface area contributed by atoms with E-state index in [1.54, 1.807) is 18.5 Å². The first-order valence-electron chi connectivity index (χ1n) is 6.73. The summed E-state index contributed by atoms with van der Waals surface area (Å²) in [6.45, 7) is 5.74. The smallest absolute Gasteiger partial charge is 0.319 e. The van der Waals surface area contributed by atoms with Crippen LogP contribution in [-0.2, 0) is 4.74 Å². The van der Waals surface area contributed by atoms with Crippen molar-refractivity contribution in [3.8, 4) is 0 Å². The van der Waals surface area contributed by atoms with Crippen molar-refractivity contribution in [2.24, 2.45) is 11.8 Å². The second-order valence-electron chi connectivity index (χ2n) is 5.20. The summed E-state index contributed by atoms with van der Waals surface area (Å²) in [5, 5.41) is 5.66. The molecule has 2 N–H and O–H groups in total. The molecule has 1 aromatic heterocycles. The number of hydrogen-bond acceptors (Lipinski definition) is 3. The van der Waals surface area contributed by atoms with Crippen LogP contribution in [0.15, 0.2) is 24.5 Å². The lowest BCUT2D eigenvalue weighted by atomic mass is 9.93. The van der Waals surface area contributed by atoms with E-state index < -0.39 is 0 Å². The average molecular weight is 263 g/mol. The third-order valence-electron chi connectivity index (χ3n) is 3.36. The van der Waals surface area contributed by atoms with E-state index in [4.69, 9.17) is 4.74 Å². The monoisotopic (exact) mass is 263 g/mol. The van der Waals surface area contributed by atoms with Gasteiger partial charge in [-0.15, -0.1) is 0 Å². The molecular weight excluding hydrogens is 242 g/mol. The molecule has 0 bridgehead atoms. The van der Waals surface area contributed by atoms with E-state index in [9.17, 15) is 4.79 Å². The predicted octanol–water partition coefficient (Wildman–Crippen LogP) is 2.26. The van der Waals surface area contributed by atoms with Gasteiger partial charge in [-0.05, 0) is 24.5 Å². The summed E-state index contributed by atoms with van der Waals surface area (Å²) in [6, 6.07) is 3.40. The van der Waals surface area contributed by atoms with Crippen LogP contribution in [0.4, 0.5) is 10.5 Å². The number of ether oxygens (including phenoxy) is 1. The highest BCUT2D eigenvalue weighted by Gasteiger charge is 2.30. The normalized spacial score (nSPS) is 22.5. The minimum atomic E-state index is -0.192. The molecule has 2 heterocycles. The highest BCUT2D eigenvalue weighted by Crippen LogP contribution is 2.26. The van der Waals surface area contributed by atoms with Crippen LogP contribution < -0.4 is 10.6 Å². The van der Waals surface area contributed by atoms with Gasteiger partial charge in [0.05, 0.1) is 18.0 Å². The second-order valence-corrected chi connectivity index (χ2v) is 5.20. The van der Waals surface area contributed by atoms with Gasteiger partial charge in [-0.3, -0.25) is 4.98 Å². The van der Waals surface area contributed by atoms with Crippen molar-refractivity contribution in [1.29, 1.82) is 0 Å². The minimum absolute atomic E-state index is 0.192. The van der Waals surface area contributed by atoms with Gasteiger partial charge in [0.25, 0.3) is 0 Å². The molecule has 2 rings (SSSR count). The Morgan fingerprint density at radius 1 is 1.58 bits per heavy atom. The first-order valence-corrected chi connectivity index (χ1v) is 6.73. The third-order valence-corrected chi connectivity index (χ3v) is 3.36. The van der Waals surface area contributed by atoms with Crippen LogP contribution in [0.25, 0.3) is 0 Å². The van der Waals surface area contributed by atoms with Crippen molar-refractivity contribution in [2.45, 2.75) is 26.4 Å². The summed E-state index contributed by atoms with van der Waals surface area (Å²) in [6.07, 6.45) is 4.55. The van der Waals surface area contributed by atoms with Crippen LogP contribution in [0, 0.1) is 11.8 Å². The lowest BCUT2D eigenvalue weighted by Crippen LogP contribution is -2.37. The topological polar surface area (TPSA) is 63.2 Å². The standard InChI is InChI=1S/C14H21N3O2/c1-10(2)13-11(5-7-19-13)8-16-14(18)17-12-4-3-6-15-9-12/h3-4,6,9-11,13H,5,7-8H2,1-2H3,(H2,16,17,18)/t11-,13-/m1/s1. The Labute approximate surface area is 113 Å². The Morgan fingerprint density at radius 2 is 2.42 bits per heavy atom. The zero-order valence-electron chi connectivity index (χ0n) is 11.4. The molecule has 1 fully saturated rings. The molecule has 2 amide bonds. The summed E-state index contributed by atoms with van der Waals surface area (Å²) < 4.78 is 5.70. The van der Waals surface area contributed by atoms with Crippen molar-refractivity contribution < 1.29 is 9.53 Å². The first kappa shape index (κ1) is 13.8. The maximum atomic E-state index is 11.8. The van der Waals surface area contributed by atoms with Crippen LogP contribution in [0.2, 0.25) is 0 Å². The summed E-state index contributed by atoms with van der Waals surface area (Å²) in [7, 11) is 0. The van der Waals surface area contributed by atoms with Gasteiger partial charge in [-0.1, -0.05) is 13.8 Å². The largest absolute Gasteiger partial charge is 0.378 e. The van der Waals surface area contributed by atoms with Crippen LogP contribution in [0.5, 0.6) is 0 Å². The van der Waals surface area contributed by atoms with E-state index in [0.717, 1.165) is 13.0 Å². The van der Waals surface area contributed by atoms with E-state index >= 15 is 0 Å². The lowest BCUT2D eigenvalue weighted by molar-refractivity contribution is 0.0546. The van der Waals surface area contributed by atoms with Gasteiger partial charge in [-0.2, -0.15) is 0 Å². The Balaban J connectivity index is 1.77. The van der Waals surface area contributed by atoms with Crippen molar-refractivity contribution in [2.75, 3.05) is 18.5 Å². The van der Waals surface area contributed by atoms with Crippen LogP contribution in [0.1, 0.15) is 20.3 Å². The van der Waals surface area contributed by atoms with Gasteiger partial charge < -0.3 is 15.4 Å². The number of hydrogen-bond donors (Lipinski definition) is 2. The van der Waals surface area contributed by atoms with Crippen molar-refractivity contribution in [3.05, 3.63) is 24.5 Å². The quantitative estimate of drug-likeness (QED) is 0.876. The molecule has 2 atom stereocenters. The van der Waals surface area contributed by atoms with Crippen LogP contribution in [-0.4, -0.2) is 30.3 Å². The van der Waals surface area contributed by atoms with E-state index in [-0.39, 0.29) is 12.1 Å². The van der Waals surface area contributed by atoms with Gasteiger partial charge in [0.15, 0.2) is 0 Å². The van der Waals surface area contributed by atoms with Gasteiger partial charge >= 0.3 is 6.03 Å². The zero-order valence-corrected chi connectivity index (χ0v) is 11.4. The third kappa shape index (κ3) is 3.92. The molecule has 104 valence electrons. The first-order chi connectivity index (χ1) is 9.16. The molecule has 1 saturated heterocycles. The lowest BCUT2D eigenvalue weighted by Gasteiger charge is -2.22. The molecular formula is C14H21N3O2. The minimum Gasteiger partial charge on any atom is -0.378 e. The molecule has 1 aliphatic heterocycles. The Bertz CT molecular complexity index is 408. The van der Waals surface area contributed by atoms with Crippen LogP contribution >= 0.6 is 0 Å². The van der Waals surface area contributed by atoms with E-state index in [1.807, 2.05) is 6.07 Å². The summed E-state index contributed by atoms with van der Waals surface area (Å²) in [5.74, 6) is 0.885. The van der Waals surface area contributed by atoms with Crippen LogP contribution in [0.3, 0.4) is 0 Å². The predicted molar refractivity (Wildman–Crippen MR) is 73.9 cm³/mol. The molecule has 0 saturated carbocycles. The van der Waals surface area contributed by atoms with E-state index in [0.29, 0.717) is 24.1 Å². The molecule has 19 heavy (non-hydrogen) atoms. The molecule has 5 heteroatoms. The van der Waals surface area contributed by atoms with Crippen molar-refractivity contribution in [1.82, 2.24) is 10.3 Å². The van der Waals surface area contributed by atoms with Crippen molar-refractivity contribution >= 4 is 11.7 Å². The van der Waals surface area contributed by atoms with Gasteiger partial charge in [-0.25, -0.2) is 4.79 Å². The van der Waals surface area contributed by atoms with Gasteiger partial charge in [0.1, 0.15) is 0 Å². The Kier molecular flexibility index (Phi) is 4.74. The van der Waals surface area contributed by atoms with Gasteiger partial charge in [0, 0.05) is 25.3 Å². The molecule has 0 aliphatic carbocycles. The van der Waals surface area contributed by atoms with E-state index in [2.05, 4.69) is 29.5 Å². The highest BCUT2D eigenvalue weighted by molar-refractivity contribution is 5.88. The fourth-order valence-electron chi connectivity index (χ4n) is 2.45. The fourth-order valence-corrected chi connectivity index (χ4v) is 2.45. The summed E-state index contributed by atoms with van der Waals surface area (Å²) in [4.78, 5) is 15.7. The number of nitrogens with one attached hydrogen (secondary N) is 2. The van der Waals surface area contributed by atoms with E-state index in [1.165, 1.54) is 0 Å². The molecule has 0 aromatic carbocycles. The molecule has 0 unspecified atom stereocenters. The molecule has 5 nitrogen and oxygen atoms in total. The molecule has 0 spiro atoms. The maximum absolute atomic E-state index is 11.8. The Hall–Kier alpha value is -1.62. The number of aromatic nitrogens is 1. The highest BCUT2D eigenvalue weighted by atomic mass is 16.5. The number of carbonyl (C=O) groups excluding carboxylic acids is 1. The number of urea groups is 1. The Morgan fingerprint density at radius 3 is 3.11 bits per heavy atom. The van der Waals surface area contributed by atoms with Gasteiger partial charge in [0.2, 0.25) is 0 Å².